The molecule has 0 saturated carbocycles. The summed E-state index contributed by atoms with van der Waals surface area (Å²) in [4.78, 5) is 22.9. The fourth-order valence-corrected chi connectivity index (χ4v) is 1.89. The highest BCUT2D eigenvalue weighted by molar-refractivity contribution is 6.30. The number of hydrogen-bond donors (Lipinski definition) is 2. The standard InChI is InChI=1S/C13H13ClN4O3/c1-8(18-11(6-12(19)20)7-15-17-18)13(21)16-10-4-2-9(14)3-5-10/h2-5,7-8H,6H2,1H3,(H,16,21)(H,19,20). The molecule has 21 heavy (non-hydrogen) atoms. The maximum atomic E-state index is 12.2. The number of nitrogens with zero attached hydrogens (tertiary/aromatic N) is 3. The summed E-state index contributed by atoms with van der Waals surface area (Å²) in [5.41, 5.74) is 0.956. The van der Waals surface area contributed by atoms with Crippen molar-refractivity contribution in [2.24, 2.45) is 0 Å². The van der Waals surface area contributed by atoms with Gasteiger partial charge in [-0.05, 0) is 31.2 Å². The number of benzene rings is 1. The highest BCUT2D eigenvalue weighted by Crippen LogP contribution is 2.16. The number of rotatable bonds is 5. The highest BCUT2D eigenvalue weighted by Gasteiger charge is 2.20. The van der Waals surface area contributed by atoms with Gasteiger partial charge in [0.2, 0.25) is 5.91 Å². The molecule has 0 bridgehead atoms. The first-order valence-electron chi connectivity index (χ1n) is 6.14. The molecular formula is C13H13ClN4O3. The second-order valence-corrected chi connectivity index (χ2v) is 4.85. The van der Waals surface area contributed by atoms with Crippen LogP contribution in [-0.2, 0) is 16.0 Å². The number of aliphatic carboxylic acids is 1. The molecule has 2 N–H and O–H groups in total. The quantitative estimate of drug-likeness (QED) is 0.877. The van der Waals surface area contributed by atoms with Crippen LogP contribution in [0.15, 0.2) is 30.5 Å². The molecule has 0 spiro atoms. The molecule has 0 aliphatic rings. The summed E-state index contributed by atoms with van der Waals surface area (Å²) in [6.07, 6.45) is 1.09. The number of hydrogen-bond acceptors (Lipinski definition) is 4. The van der Waals surface area contributed by atoms with Crippen LogP contribution in [0.25, 0.3) is 0 Å². The van der Waals surface area contributed by atoms with Gasteiger partial charge in [0.1, 0.15) is 6.04 Å². The zero-order chi connectivity index (χ0) is 15.4. The molecule has 0 fully saturated rings. The van der Waals surface area contributed by atoms with Crippen LogP contribution < -0.4 is 5.32 Å². The second kappa shape index (κ2) is 6.36. The van der Waals surface area contributed by atoms with Gasteiger partial charge >= 0.3 is 5.97 Å². The van der Waals surface area contributed by atoms with E-state index in [4.69, 9.17) is 16.7 Å². The Bertz CT molecular complexity index is 654. The Balaban J connectivity index is 2.10. The molecule has 1 atom stereocenters. The Morgan fingerprint density at radius 1 is 1.38 bits per heavy atom. The number of anilines is 1. The molecule has 2 rings (SSSR count). The third kappa shape index (κ3) is 3.79. The van der Waals surface area contributed by atoms with Gasteiger partial charge in [-0.2, -0.15) is 0 Å². The minimum atomic E-state index is -1.01. The Labute approximate surface area is 125 Å². The van der Waals surface area contributed by atoms with Crippen molar-refractivity contribution in [1.29, 1.82) is 0 Å². The molecule has 0 radical (unpaired) electrons. The van der Waals surface area contributed by atoms with Gasteiger partial charge in [-0.1, -0.05) is 16.8 Å². The van der Waals surface area contributed by atoms with Crippen LogP contribution in [0, 0.1) is 0 Å². The Hall–Kier alpha value is -2.41. The Morgan fingerprint density at radius 3 is 2.67 bits per heavy atom. The van der Waals surface area contributed by atoms with Crippen molar-refractivity contribution in [3.8, 4) is 0 Å². The van der Waals surface area contributed by atoms with Crippen LogP contribution >= 0.6 is 11.6 Å². The van der Waals surface area contributed by atoms with E-state index in [1.54, 1.807) is 31.2 Å². The second-order valence-electron chi connectivity index (χ2n) is 4.41. The van der Waals surface area contributed by atoms with Gasteiger partial charge in [0.25, 0.3) is 0 Å². The number of halogens is 1. The zero-order valence-corrected chi connectivity index (χ0v) is 11.9. The average molecular weight is 309 g/mol. The first-order chi connectivity index (χ1) is 9.97. The summed E-state index contributed by atoms with van der Waals surface area (Å²) < 4.78 is 1.29. The van der Waals surface area contributed by atoms with Gasteiger partial charge in [-0.25, -0.2) is 4.68 Å². The third-order valence-electron chi connectivity index (χ3n) is 2.84. The Kier molecular flexibility index (Phi) is 4.54. The lowest BCUT2D eigenvalue weighted by Crippen LogP contribution is -2.26. The zero-order valence-electron chi connectivity index (χ0n) is 11.2. The first kappa shape index (κ1) is 15.0. The van der Waals surface area contributed by atoms with Gasteiger partial charge in [0.15, 0.2) is 0 Å². The van der Waals surface area contributed by atoms with E-state index in [1.165, 1.54) is 10.9 Å². The number of aromatic nitrogens is 3. The van der Waals surface area contributed by atoms with E-state index in [2.05, 4.69) is 15.6 Å². The number of carboxylic acids is 1. The third-order valence-corrected chi connectivity index (χ3v) is 3.09. The van der Waals surface area contributed by atoms with E-state index in [0.717, 1.165) is 0 Å². The SMILES string of the molecule is CC(C(=O)Nc1ccc(Cl)cc1)n1nncc1CC(=O)O. The van der Waals surface area contributed by atoms with E-state index in [0.29, 0.717) is 16.4 Å². The van der Waals surface area contributed by atoms with Crippen molar-refractivity contribution in [2.45, 2.75) is 19.4 Å². The molecule has 1 aromatic carbocycles. The van der Waals surface area contributed by atoms with Crippen LogP contribution in [0.2, 0.25) is 5.02 Å². The molecule has 8 heteroatoms. The minimum Gasteiger partial charge on any atom is -0.481 e. The maximum Gasteiger partial charge on any atom is 0.309 e. The predicted molar refractivity (Wildman–Crippen MR) is 76.2 cm³/mol. The van der Waals surface area contributed by atoms with Crippen LogP contribution in [0.1, 0.15) is 18.7 Å². The maximum absolute atomic E-state index is 12.2. The van der Waals surface area contributed by atoms with Crippen molar-refractivity contribution in [3.05, 3.63) is 41.2 Å². The molecule has 0 aliphatic carbocycles. The monoisotopic (exact) mass is 308 g/mol. The fraction of sp³-hybridized carbons (Fsp3) is 0.231. The molecule has 1 heterocycles. The predicted octanol–water partition coefficient (Wildman–Crippen LogP) is 1.76. The van der Waals surface area contributed by atoms with E-state index in [9.17, 15) is 9.59 Å². The molecule has 110 valence electrons. The smallest absolute Gasteiger partial charge is 0.309 e. The van der Waals surface area contributed by atoms with Crippen molar-refractivity contribution in [3.63, 3.8) is 0 Å². The van der Waals surface area contributed by atoms with Gasteiger partial charge < -0.3 is 10.4 Å². The number of amides is 1. The van der Waals surface area contributed by atoms with Crippen LogP contribution in [0.3, 0.4) is 0 Å². The van der Waals surface area contributed by atoms with Gasteiger partial charge in [-0.3, -0.25) is 9.59 Å². The first-order valence-corrected chi connectivity index (χ1v) is 6.52. The topological polar surface area (TPSA) is 97.1 Å². The number of carbonyl (C=O) groups excluding carboxylic acids is 1. The summed E-state index contributed by atoms with van der Waals surface area (Å²) in [6, 6.07) is 5.98. The minimum absolute atomic E-state index is 0.244. The average Bonchev–Trinajstić information content (AvgIpc) is 2.87. The molecular weight excluding hydrogens is 296 g/mol. The Morgan fingerprint density at radius 2 is 2.05 bits per heavy atom. The number of carboxylic acid groups (broad SMARTS) is 1. The van der Waals surface area contributed by atoms with E-state index in [1.807, 2.05) is 0 Å². The van der Waals surface area contributed by atoms with Gasteiger partial charge in [0.05, 0.1) is 18.3 Å². The van der Waals surface area contributed by atoms with Crippen LogP contribution in [0.4, 0.5) is 5.69 Å². The van der Waals surface area contributed by atoms with Gasteiger partial charge in [-0.15, -0.1) is 5.10 Å². The van der Waals surface area contributed by atoms with Crippen molar-refractivity contribution >= 4 is 29.2 Å². The lowest BCUT2D eigenvalue weighted by atomic mass is 10.2. The summed E-state index contributed by atoms with van der Waals surface area (Å²) in [6.45, 7) is 1.62. The van der Waals surface area contributed by atoms with Crippen molar-refractivity contribution in [1.82, 2.24) is 15.0 Å². The largest absolute Gasteiger partial charge is 0.481 e. The molecule has 2 aromatic rings. The van der Waals surface area contributed by atoms with Crippen molar-refractivity contribution < 1.29 is 14.7 Å². The molecule has 0 saturated heterocycles. The van der Waals surface area contributed by atoms with Crippen LogP contribution in [-0.4, -0.2) is 32.0 Å². The summed E-state index contributed by atoms with van der Waals surface area (Å²) in [5.74, 6) is -1.33. The highest BCUT2D eigenvalue weighted by atomic mass is 35.5. The van der Waals surface area contributed by atoms with E-state index in [-0.39, 0.29) is 12.3 Å². The number of carbonyl (C=O) groups is 2. The van der Waals surface area contributed by atoms with Crippen LogP contribution in [0.5, 0.6) is 0 Å². The summed E-state index contributed by atoms with van der Waals surface area (Å²) >= 11 is 5.77. The lowest BCUT2D eigenvalue weighted by Gasteiger charge is -2.14. The molecule has 1 unspecified atom stereocenters. The summed E-state index contributed by atoms with van der Waals surface area (Å²) in [5, 5.41) is 19.5. The fourth-order valence-electron chi connectivity index (χ4n) is 1.76. The molecule has 0 aliphatic heterocycles. The van der Waals surface area contributed by atoms with Crippen molar-refractivity contribution in [2.75, 3.05) is 5.32 Å². The molecule has 1 amide bonds. The normalized spacial score (nSPS) is 11.9. The molecule has 1 aromatic heterocycles. The lowest BCUT2D eigenvalue weighted by molar-refractivity contribution is -0.136. The van der Waals surface area contributed by atoms with E-state index < -0.39 is 12.0 Å². The van der Waals surface area contributed by atoms with Gasteiger partial charge in [0, 0.05) is 10.7 Å². The van der Waals surface area contributed by atoms with E-state index >= 15 is 0 Å². The summed E-state index contributed by atoms with van der Waals surface area (Å²) in [7, 11) is 0. The number of nitrogens with one attached hydrogen (secondary N) is 1. The molecule has 7 nitrogen and oxygen atoms in total.